The molecule has 0 heterocycles. The first-order valence-corrected chi connectivity index (χ1v) is 8.68. The molecule has 1 unspecified atom stereocenters. The molecule has 0 spiro atoms. The Hall–Kier alpha value is -1.92. The van der Waals surface area contributed by atoms with E-state index in [4.69, 9.17) is 10.5 Å². The third kappa shape index (κ3) is 11.6. The largest absolute Gasteiger partial charge is 0.573 e. The number of nitrogens with zero attached hydrogens (tertiary/aromatic N) is 1. The standard InChI is InChI=1S/C18H27F3N4O3.HI/c1-11(2)13(25-16(26)28-17(3,4)5)10-23-15(22)24-12-8-6-7-9-14(12)27-18(19,20)21;/h6-9,11,13H,10H2,1-5H3,(H,25,26)(H3,22,23,24);1H. The molecule has 1 amide bonds. The van der Waals surface area contributed by atoms with E-state index in [1.807, 2.05) is 13.8 Å². The van der Waals surface area contributed by atoms with Gasteiger partial charge in [0.15, 0.2) is 11.7 Å². The number of carbonyl (C=O) groups is 1. The summed E-state index contributed by atoms with van der Waals surface area (Å²) in [5.41, 5.74) is 5.15. The van der Waals surface area contributed by atoms with E-state index in [0.717, 1.165) is 6.07 Å². The van der Waals surface area contributed by atoms with Crippen LogP contribution in [0.1, 0.15) is 34.6 Å². The molecule has 7 nitrogen and oxygen atoms in total. The number of alkyl halides is 3. The smallest absolute Gasteiger partial charge is 0.444 e. The van der Waals surface area contributed by atoms with Crippen LogP contribution in [-0.2, 0) is 4.74 Å². The quantitative estimate of drug-likeness (QED) is 0.285. The number of para-hydroxylation sites is 2. The zero-order valence-electron chi connectivity index (χ0n) is 17.0. The van der Waals surface area contributed by atoms with Crippen LogP contribution in [0.25, 0.3) is 0 Å². The van der Waals surface area contributed by atoms with Gasteiger partial charge in [-0.05, 0) is 38.8 Å². The second-order valence-corrected chi connectivity index (χ2v) is 7.39. The van der Waals surface area contributed by atoms with Crippen LogP contribution >= 0.6 is 24.0 Å². The predicted octanol–water partition coefficient (Wildman–Crippen LogP) is 4.48. The van der Waals surface area contributed by atoms with E-state index in [-0.39, 0.29) is 54.1 Å². The van der Waals surface area contributed by atoms with Gasteiger partial charge in [-0.2, -0.15) is 0 Å². The molecule has 1 atom stereocenters. The maximum absolute atomic E-state index is 12.5. The molecule has 166 valence electrons. The lowest BCUT2D eigenvalue weighted by molar-refractivity contribution is -0.274. The first kappa shape index (κ1) is 27.1. The number of guanidine groups is 1. The van der Waals surface area contributed by atoms with Crippen molar-refractivity contribution in [2.45, 2.75) is 52.6 Å². The van der Waals surface area contributed by atoms with Crippen LogP contribution in [0.15, 0.2) is 29.3 Å². The van der Waals surface area contributed by atoms with Crippen LogP contribution in [0, 0.1) is 5.92 Å². The fourth-order valence-corrected chi connectivity index (χ4v) is 2.04. The number of carbonyl (C=O) groups excluding carboxylic acids is 1. The third-order valence-electron chi connectivity index (χ3n) is 3.34. The molecule has 0 saturated carbocycles. The fraction of sp³-hybridized carbons (Fsp3) is 0.556. The summed E-state index contributed by atoms with van der Waals surface area (Å²) < 4.78 is 46.6. The van der Waals surface area contributed by atoms with Crippen LogP contribution in [0.3, 0.4) is 0 Å². The molecule has 0 aliphatic heterocycles. The number of rotatable bonds is 6. The highest BCUT2D eigenvalue weighted by atomic mass is 127. The van der Waals surface area contributed by atoms with Gasteiger partial charge in [0.1, 0.15) is 5.60 Å². The second-order valence-electron chi connectivity index (χ2n) is 7.39. The number of ether oxygens (including phenoxy) is 2. The summed E-state index contributed by atoms with van der Waals surface area (Å²) in [4.78, 5) is 16.0. The highest BCUT2D eigenvalue weighted by Crippen LogP contribution is 2.29. The van der Waals surface area contributed by atoms with Gasteiger partial charge < -0.3 is 25.8 Å². The van der Waals surface area contributed by atoms with Crippen molar-refractivity contribution in [3.8, 4) is 5.75 Å². The SMILES string of the molecule is CC(C)C(CN=C(N)Nc1ccccc1OC(F)(F)F)NC(=O)OC(C)(C)C.I. The van der Waals surface area contributed by atoms with E-state index in [9.17, 15) is 18.0 Å². The topological polar surface area (TPSA) is 98.0 Å². The summed E-state index contributed by atoms with van der Waals surface area (Å²) in [6.07, 6.45) is -5.42. The number of aliphatic imine (C=N–C) groups is 1. The van der Waals surface area contributed by atoms with Gasteiger partial charge in [0.25, 0.3) is 0 Å². The Bertz CT molecular complexity index is 692. The molecule has 0 aliphatic carbocycles. The lowest BCUT2D eigenvalue weighted by Crippen LogP contribution is -2.44. The fourth-order valence-electron chi connectivity index (χ4n) is 2.04. The van der Waals surface area contributed by atoms with Crippen molar-refractivity contribution in [1.29, 1.82) is 0 Å². The van der Waals surface area contributed by atoms with Crippen LogP contribution in [-0.4, -0.2) is 36.6 Å². The van der Waals surface area contributed by atoms with E-state index in [1.54, 1.807) is 20.8 Å². The summed E-state index contributed by atoms with van der Waals surface area (Å²) in [6.45, 7) is 9.12. The molecular weight excluding hydrogens is 504 g/mol. The van der Waals surface area contributed by atoms with Gasteiger partial charge in [0, 0.05) is 0 Å². The maximum atomic E-state index is 12.5. The number of hydrogen-bond donors (Lipinski definition) is 3. The van der Waals surface area contributed by atoms with E-state index < -0.39 is 23.8 Å². The molecule has 0 fully saturated rings. The molecule has 1 aromatic carbocycles. The number of halogens is 4. The summed E-state index contributed by atoms with van der Waals surface area (Å²) in [5.74, 6) is -0.528. The molecule has 1 rings (SSSR count). The number of hydrogen-bond acceptors (Lipinski definition) is 4. The van der Waals surface area contributed by atoms with Crippen molar-refractivity contribution >= 4 is 41.7 Å². The van der Waals surface area contributed by atoms with Crippen molar-refractivity contribution in [2.75, 3.05) is 11.9 Å². The number of nitrogens with one attached hydrogen (secondary N) is 2. The highest BCUT2D eigenvalue weighted by Gasteiger charge is 2.32. The third-order valence-corrected chi connectivity index (χ3v) is 3.34. The Morgan fingerprint density at radius 2 is 1.79 bits per heavy atom. The summed E-state index contributed by atoms with van der Waals surface area (Å²) in [6, 6.07) is 5.09. The van der Waals surface area contributed by atoms with Gasteiger partial charge in [-0.1, -0.05) is 26.0 Å². The minimum absolute atomic E-state index is 0. The van der Waals surface area contributed by atoms with Crippen LogP contribution < -0.4 is 21.1 Å². The molecule has 0 aliphatic rings. The summed E-state index contributed by atoms with van der Waals surface area (Å²) >= 11 is 0. The molecule has 0 aromatic heterocycles. The molecule has 11 heteroatoms. The average molecular weight is 532 g/mol. The van der Waals surface area contributed by atoms with Crippen molar-refractivity contribution < 1.29 is 27.4 Å². The number of amides is 1. The molecule has 0 saturated heterocycles. The summed E-state index contributed by atoms with van der Waals surface area (Å²) in [5, 5.41) is 5.29. The molecule has 0 bridgehead atoms. The molecule has 4 N–H and O–H groups in total. The first-order valence-electron chi connectivity index (χ1n) is 8.68. The van der Waals surface area contributed by atoms with E-state index in [2.05, 4.69) is 20.4 Å². The second kappa shape index (κ2) is 11.3. The van der Waals surface area contributed by atoms with Crippen LogP contribution in [0.2, 0.25) is 0 Å². The molecule has 1 aromatic rings. The Kier molecular flexibility index (Phi) is 10.6. The van der Waals surface area contributed by atoms with Crippen molar-refractivity contribution in [3.63, 3.8) is 0 Å². The lowest BCUT2D eigenvalue weighted by atomic mass is 10.1. The molecule has 0 radical (unpaired) electrons. The van der Waals surface area contributed by atoms with Crippen molar-refractivity contribution in [2.24, 2.45) is 16.6 Å². The zero-order chi connectivity index (χ0) is 21.5. The van der Waals surface area contributed by atoms with Gasteiger partial charge in [-0.15, -0.1) is 37.1 Å². The molecular formula is C18H28F3IN4O3. The van der Waals surface area contributed by atoms with E-state index >= 15 is 0 Å². The predicted molar refractivity (Wildman–Crippen MR) is 117 cm³/mol. The van der Waals surface area contributed by atoms with Gasteiger partial charge in [0.05, 0.1) is 18.3 Å². The zero-order valence-corrected chi connectivity index (χ0v) is 19.3. The minimum atomic E-state index is -4.83. The monoisotopic (exact) mass is 532 g/mol. The van der Waals surface area contributed by atoms with Crippen molar-refractivity contribution in [3.05, 3.63) is 24.3 Å². The Morgan fingerprint density at radius 1 is 1.21 bits per heavy atom. The van der Waals surface area contributed by atoms with Crippen molar-refractivity contribution in [1.82, 2.24) is 5.32 Å². The van der Waals surface area contributed by atoms with Crippen LogP contribution in [0.4, 0.5) is 23.7 Å². The van der Waals surface area contributed by atoms with Gasteiger partial charge in [0.2, 0.25) is 0 Å². The first-order chi connectivity index (χ1) is 12.8. The van der Waals surface area contributed by atoms with E-state index in [1.165, 1.54) is 18.2 Å². The Morgan fingerprint density at radius 3 is 2.31 bits per heavy atom. The highest BCUT2D eigenvalue weighted by molar-refractivity contribution is 14.0. The Balaban J connectivity index is 0.00000784. The van der Waals surface area contributed by atoms with Crippen LogP contribution in [0.5, 0.6) is 5.75 Å². The number of anilines is 1. The van der Waals surface area contributed by atoms with Gasteiger partial charge >= 0.3 is 12.5 Å². The normalized spacial score (nSPS) is 13.3. The number of alkyl carbamates (subject to hydrolysis) is 1. The van der Waals surface area contributed by atoms with Gasteiger partial charge in [-0.3, -0.25) is 4.99 Å². The van der Waals surface area contributed by atoms with E-state index in [0.29, 0.717) is 0 Å². The average Bonchev–Trinajstić information content (AvgIpc) is 2.50. The van der Waals surface area contributed by atoms with Gasteiger partial charge in [-0.25, -0.2) is 4.79 Å². The minimum Gasteiger partial charge on any atom is -0.444 e. The number of benzene rings is 1. The maximum Gasteiger partial charge on any atom is 0.573 e. The molecule has 29 heavy (non-hydrogen) atoms. The summed E-state index contributed by atoms with van der Waals surface area (Å²) in [7, 11) is 0. The number of nitrogens with two attached hydrogens (primary N) is 1. The lowest BCUT2D eigenvalue weighted by Gasteiger charge is -2.25. The Labute approximate surface area is 185 Å².